The van der Waals surface area contributed by atoms with E-state index >= 15 is 0 Å². The predicted molar refractivity (Wildman–Crippen MR) is 76.4 cm³/mol. The van der Waals surface area contributed by atoms with Crippen molar-refractivity contribution in [3.63, 3.8) is 0 Å². The van der Waals surface area contributed by atoms with E-state index in [-0.39, 0.29) is 0 Å². The van der Waals surface area contributed by atoms with E-state index < -0.39 is 0 Å². The summed E-state index contributed by atoms with van der Waals surface area (Å²) < 4.78 is 1.91. The number of nitrogens with zero attached hydrogens (tertiary/aromatic N) is 6. The number of rotatable bonds is 4. The predicted octanol–water partition coefficient (Wildman–Crippen LogP) is 1.90. The molecule has 6 heteroatoms. The fourth-order valence-electron chi connectivity index (χ4n) is 2.73. The van der Waals surface area contributed by atoms with E-state index in [0.717, 1.165) is 11.8 Å². The Labute approximate surface area is 118 Å². The highest BCUT2D eigenvalue weighted by molar-refractivity contribution is 5.30. The summed E-state index contributed by atoms with van der Waals surface area (Å²) in [6, 6.07) is 2.05. The van der Waals surface area contributed by atoms with Crippen molar-refractivity contribution >= 4 is 5.95 Å². The van der Waals surface area contributed by atoms with Crippen molar-refractivity contribution in [3.05, 3.63) is 30.1 Å². The molecule has 0 spiro atoms. The topological polar surface area (TPSA) is 59.7 Å². The van der Waals surface area contributed by atoms with Crippen molar-refractivity contribution in [3.8, 4) is 0 Å². The Morgan fingerprint density at radius 1 is 1.35 bits per heavy atom. The maximum atomic E-state index is 4.72. The largest absolute Gasteiger partial charge is 0.336 e. The molecule has 0 N–H and O–H groups in total. The van der Waals surface area contributed by atoms with Gasteiger partial charge in [0.25, 0.3) is 0 Å². The van der Waals surface area contributed by atoms with Gasteiger partial charge in [0.15, 0.2) is 5.82 Å². The van der Waals surface area contributed by atoms with Crippen LogP contribution in [0.1, 0.15) is 43.1 Å². The molecular formula is C14H20N6. The highest BCUT2D eigenvalue weighted by Crippen LogP contribution is 2.33. The first-order chi connectivity index (χ1) is 9.74. The van der Waals surface area contributed by atoms with E-state index in [9.17, 15) is 0 Å². The molecule has 1 aliphatic rings. The summed E-state index contributed by atoms with van der Waals surface area (Å²) in [5.74, 6) is 2.28. The van der Waals surface area contributed by atoms with Crippen molar-refractivity contribution < 1.29 is 0 Å². The Bertz CT molecular complexity index is 573. The van der Waals surface area contributed by atoms with Crippen molar-refractivity contribution in [1.82, 2.24) is 24.7 Å². The molecule has 0 unspecified atom stereocenters. The van der Waals surface area contributed by atoms with Crippen LogP contribution in [0.15, 0.2) is 18.6 Å². The van der Waals surface area contributed by atoms with E-state index in [4.69, 9.17) is 4.98 Å². The van der Waals surface area contributed by atoms with Gasteiger partial charge in [-0.3, -0.25) is 0 Å². The summed E-state index contributed by atoms with van der Waals surface area (Å²) in [5.41, 5.74) is 1.18. The fourth-order valence-corrected chi connectivity index (χ4v) is 2.73. The summed E-state index contributed by atoms with van der Waals surface area (Å²) in [5, 5.41) is 7.99. The Kier molecular flexibility index (Phi) is 3.62. The van der Waals surface area contributed by atoms with Gasteiger partial charge < -0.3 is 9.47 Å². The van der Waals surface area contributed by atoms with Crippen molar-refractivity contribution in [2.45, 2.75) is 38.1 Å². The molecule has 0 radical (unpaired) electrons. The number of hydrogen-bond acceptors (Lipinski definition) is 5. The molecule has 2 aromatic heterocycles. The lowest BCUT2D eigenvalue weighted by Crippen LogP contribution is -2.21. The van der Waals surface area contributed by atoms with Gasteiger partial charge in [0, 0.05) is 31.9 Å². The normalized spacial score (nSPS) is 15.7. The molecule has 1 saturated carbocycles. The molecule has 1 aliphatic carbocycles. The quantitative estimate of drug-likeness (QED) is 0.850. The van der Waals surface area contributed by atoms with Crippen molar-refractivity contribution in [2.24, 2.45) is 7.05 Å². The second-order valence-corrected chi connectivity index (χ2v) is 5.48. The molecule has 0 bridgehead atoms. The summed E-state index contributed by atoms with van der Waals surface area (Å²) in [7, 11) is 3.93. The Morgan fingerprint density at radius 3 is 2.85 bits per heavy atom. The lowest BCUT2D eigenvalue weighted by Gasteiger charge is -2.18. The number of aryl methyl sites for hydroxylation is 1. The van der Waals surface area contributed by atoms with Gasteiger partial charge in [0.1, 0.15) is 6.33 Å². The SMILES string of the molecule is CN(Cc1nncn1C)c1nccc(C2CCCC2)n1. The second-order valence-electron chi connectivity index (χ2n) is 5.48. The summed E-state index contributed by atoms with van der Waals surface area (Å²) in [6.07, 6.45) is 8.71. The molecule has 20 heavy (non-hydrogen) atoms. The first kappa shape index (κ1) is 13.0. The third-order valence-electron chi connectivity index (χ3n) is 3.96. The van der Waals surface area contributed by atoms with Crippen molar-refractivity contribution in [2.75, 3.05) is 11.9 Å². The Morgan fingerprint density at radius 2 is 2.15 bits per heavy atom. The standard InChI is InChI=1S/C14H20N6/c1-19(9-13-18-16-10-20(13)2)14-15-8-7-12(17-14)11-5-3-4-6-11/h7-8,10-11H,3-6,9H2,1-2H3. The van der Waals surface area contributed by atoms with Crippen LogP contribution in [0.3, 0.4) is 0 Å². The zero-order valence-electron chi connectivity index (χ0n) is 12.0. The number of aromatic nitrogens is 5. The smallest absolute Gasteiger partial charge is 0.225 e. The first-order valence-electron chi connectivity index (χ1n) is 7.11. The third-order valence-corrected chi connectivity index (χ3v) is 3.96. The van der Waals surface area contributed by atoms with Crippen molar-refractivity contribution in [1.29, 1.82) is 0 Å². The molecule has 0 atom stereocenters. The fraction of sp³-hybridized carbons (Fsp3) is 0.571. The van der Waals surface area contributed by atoms with Crippen LogP contribution >= 0.6 is 0 Å². The Balaban J connectivity index is 1.75. The van der Waals surface area contributed by atoms with Gasteiger partial charge in [-0.1, -0.05) is 12.8 Å². The van der Waals surface area contributed by atoms with E-state index in [1.54, 1.807) is 6.33 Å². The van der Waals surface area contributed by atoms with Gasteiger partial charge in [-0.25, -0.2) is 9.97 Å². The maximum Gasteiger partial charge on any atom is 0.225 e. The van der Waals surface area contributed by atoms with Crippen LogP contribution < -0.4 is 4.90 Å². The highest BCUT2D eigenvalue weighted by Gasteiger charge is 2.19. The van der Waals surface area contributed by atoms with Gasteiger partial charge in [-0.05, 0) is 18.9 Å². The minimum atomic E-state index is 0.611. The number of hydrogen-bond donors (Lipinski definition) is 0. The Hall–Kier alpha value is -1.98. The average molecular weight is 272 g/mol. The van der Waals surface area contributed by atoms with E-state index in [2.05, 4.69) is 21.2 Å². The van der Waals surface area contributed by atoms with E-state index in [1.165, 1.54) is 31.4 Å². The van der Waals surface area contributed by atoms with Crippen LogP contribution in [0.2, 0.25) is 0 Å². The van der Waals surface area contributed by atoms with E-state index in [1.807, 2.05) is 29.8 Å². The second kappa shape index (κ2) is 5.56. The monoisotopic (exact) mass is 272 g/mol. The van der Waals surface area contributed by atoms with Crippen LogP contribution in [0.25, 0.3) is 0 Å². The molecule has 1 fully saturated rings. The summed E-state index contributed by atoms with van der Waals surface area (Å²) in [6.45, 7) is 0.657. The van der Waals surface area contributed by atoms with Gasteiger partial charge >= 0.3 is 0 Å². The number of anilines is 1. The minimum absolute atomic E-state index is 0.611. The van der Waals surface area contributed by atoms with E-state index in [0.29, 0.717) is 12.5 Å². The molecule has 0 saturated heterocycles. The molecule has 2 heterocycles. The van der Waals surface area contributed by atoms with Crippen LogP contribution in [0.5, 0.6) is 0 Å². The molecule has 0 amide bonds. The summed E-state index contributed by atoms with van der Waals surface area (Å²) >= 11 is 0. The minimum Gasteiger partial charge on any atom is -0.336 e. The van der Waals surface area contributed by atoms with Crippen LogP contribution in [0, 0.1) is 0 Å². The third kappa shape index (κ3) is 2.64. The van der Waals surface area contributed by atoms with Crippen LogP contribution in [-0.2, 0) is 13.6 Å². The molecule has 6 nitrogen and oxygen atoms in total. The zero-order valence-corrected chi connectivity index (χ0v) is 12.0. The first-order valence-corrected chi connectivity index (χ1v) is 7.11. The molecular weight excluding hydrogens is 252 g/mol. The van der Waals surface area contributed by atoms with Crippen LogP contribution in [0.4, 0.5) is 5.95 Å². The maximum absolute atomic E-state index is 4.72. The lowest BCUT2D eigenvalue weighted by molar-refractivity contribution is 0.684. The van der Waals surface area contributed by atoms with Gasteiger partial charge in [0.2, 0.25) is 5.95 Å². The average Bonchev–Trinajstić information content (AvgIpc) is 3.12. The van der Waals surface area contributed by atoms with Gasteiger partial charge in [-0.15, -0.1) is 10.2 Å². The zero-order chi connectivity index (χ0) is 13.9. The van der Waals surface area contributed by atoms with Gasteiger partial charge in [-0.2, -0.15) is 0 Å². The summed E-state index contributed by atoms with van der Waals surface area (Å²) in [4.78, 5) is 11.1. The van der Waals surface area contributed by atoms with Gasteiger partial charge in [0.05, 0.1) is 6.54 Å². The molecule has 106 valence electrons. The molecule has 2 aromatic rings. The van der Waals surface area contributed by atoms with Crippen LogP contribution in [-0.4, -0.2) is 31.8 Å². The lowest BCUT2D eigenvalue weighted by atomic mass is 10.0. The highest BCUT2D eigenvalue weighted by atomic mass is 15.3. The molecule has 0 aromatic carbocycles. The molecule has 0 aliphatic heterocycles. The molecule has 3 rings (SSSR count).